The molecule has 0 bridgehead atoms. The van der Waals surface area contributed by atoms with Gasteiger partial charge < -0.3 is 9.53 Å². The van der Waals surface area contributed by atoms with Crippen LogP contribution in [-0.2, 0) is 16.0 Å². The first-order chi connectivity index (χ1) is 11.1. The molecule has 0 aliphatic carbocycles. The van der Waals surface area contributed by atoms with Gasteiger partial charge >= 0.3 is 5.97 Å². The van der Waals surface area contributed by atoms with E-state index in [-0.39, 0.29) is 11.8 Å². The maximum atomic E-state index is 12.3. The van der Waals surface area contributed by atoms with Gasteiger partial charge in [0.1, 0.15) is 5.78 Å². The smallest absolute Gasteiger partial charge is 0.338 e. The molecule has 1 heterocycles. The van der Waals surface area contributed by atoms with Crippen LogP contribution in [0.4, 0.5) is 0 Å². The lowest BCUT2D eigenvalue weighted by Gasteiger charge is -2.03. The number of rotatable bonds is 5. The number of hydrogen-bond donors (Lipinski definition) is 1. The van der Waals surface area contributed by atoms with Crippen LogP contribution in [0.15, 0.2) is 30.3 Å². The Balaban J connectivity index is 2.25. The number of nitrogens with one attached hydrogen (secondary N) is 1. The Hall–Kier alpha value is -2.69. The van der Waals surface area contributed by atoms with E-state index in [0.29, 0.717) is 25.0 Å². The maximum Gasteiger partial charge on any atom is 0.338 e. The van der Waals surface area contributed by atoms with Gasteiger partial charge in [0.2, 0.25) is 0 Å². The van der Waals surface area contributed by atoms with Crippen LogP contribution in [0.3, 0.4) is 0 Å². The highest BCUT2D eigenvalue weighted by Crippen LogP contribution is 2.32. The van der Waals surface area contributed by atoms with E-state index < -0.39 is 0 Å². The molecule has 0 spiro atoms. The molecule has 1 N–H and O–H groups in total. The summed E-state index contributed by atoms with van der Waals surface area (Å²) in [4.78, 5) is 23.5. The van der Waals surface area contributed by atoms with Gasteiger partial charge in [-0.2, -0.15) is 5.10 Å². The van der Waals surface area contributed by atoms with E-state index in [4.69, 9.17) is 4.74 Å². The number of aromatic amines is 1. The Morgan fingerprint density at radius 1 is 1.22 bits per heavy atom. The Morgan fingerprint density at radius 3 is 2.74 bits per heavy atom. The Labute approximate surface area is 133 Å². The third-order valence-corrected chi connectivity index (χ3v) is 3.86. The predicted molar refractivity (Wildman–Crippen MR) is 88.6 cm³/mol. The van der Waals surface area contributed by atoms with Gasteiger partial charge in [-0.3, -0.25) is 5.10 Å². The molecule has 0 fully saturated rings. The number of aromatic nitrogens is 2. The summed E-state index contributed by atoms with van der Waals surface area (Å²) in [7, 11) is 0. The number of esters is 1. The third kappa shape index (κ3) is 2.82. The molecule has 23 heavy (non-hydrogen) atoms. The van der Waals surface area contributed by atoms with Crippen LogP contribution in [0, 0.1) is 0 Å². The van der Waals surface area contributed by atoms with Crippen molar-refractivity contribution in [1.82, 2.24) is 10.2 Å². The number of H-pyrrole nitrogens is 1. The molecule has 0 saturated heterocycles. The Kier molecular flexibility index (Phi) is 4.10. The largest absolute Gasteiger partial charge is 0.462 e. The van der Waals surface area contributed by atoms with E-state index in [1.54, 1.807) is 13.8 Å². The zero-order valence-corrected chi connectivity index (χ0v) is 13.2. The fourth-order valence-electron chi connectivity index (χ4n) is 2.79. The highest BCUT2D eigenvalue weighted by Gasteiger charge is 2.18. The molecule has 3 aromatic rings. The van der Waals surface area contributed by atoms with Gasteiger partial charge in [0, 0.05) is 22.9 Å². The van der Waals surface area contributed by atoms with E-state index in [2.05, 4.69) is 10.2 Å². The van der Waals surface area contributed by atoms with Crippen molar-refractivity contribution in [2.24, 2.45) is 0 Å². The number of Topliss-reactive ketones (excluding diaryl/α,β-unsaturated/α-hetero) is 1. The van der Waals surface area contributed by atoms with Crippen molar-refractivity contribution < 1.29 is 14.3 Å². The zero-order valence-electron chi connectivity index (χ0n) is 13.2. The fourth-order valence-corrected chi connectivity index (χ4v) is 2.79. The number of ketones is 1. The summed E-state index contributed by atoms with van der Waals surface area (Å²) in [5.41, 5.74) is 2.18. The monoisotopic (exact) mass is 310 g/mol. The van der Waals surface area contributed by atoms with Crippen LogP contribution in [0.1, 0.15) is 36.3 Å². The van der Waals surface area contributed by atoms with E-state index in [1.807, 2.05) is 30.3 Å². The summed E-state index contributed by atoms with van der Waals surface area (Å²) in [6, 6.07) is 9.41. The first-order valence-electron chi connectivity index (χ1n) is 7.67. The summed E-state index contributed by atoms with van der Waals surface area (Å²) in [5.74, 6) is -0.217. The molecule has 0 atom stereocenters. The topological polar surface area (TPSA) is 72.1 Å². The van der Waals surface area contributed by atoms with Crippen molar-refractivity contribution in [1.29, 1.82) is 0 Å². The van der Waals surface area contributed by atoms with E-state index in [9.17, 15) is 9.59 Å². The van der Waals surface area contributed by atoms with Crippen molar-refractivity contribution >= 4 is 33.4 Å². The van der Waals surface area contributed by atoms with Gasteiger partial charge in [-0.1, -0.05) is 18.2 Å². The van der Waals surface area contributed by atoms with Crippen LogP contribution in [-0.4, -0.2) is 28.6 Å². The molecule has 118 valence electrons. The molecular weight excluding hydrogens is 292 g/mol. The summed E-state index contributed by atoms with van der Waals surface area (Å²) < 4.78 is 5.16. The number of carbonyl (C=O) groups excluding carboxylic acids is 2. The van der Waals surface area contributed by atoms with Crippen molar-refractivity contribution in [3.63, 3.8) is 0 Å². The number of carbonyl (C=O) groups is 2. The molecule has 1 aromatic heterocycles. The molecule has 0 saturated carbocycles. The second-order valence-corrected chi connectivity index (χ2v) is 5.49. The minimum absolute atomic E-state index is 0.122. The number of aryl methyl sites for hydroxylation is 1. The summed E-state index contributed by atoms with van der Waals surface area (Å²) in [5, 5.41) is 10.1. The lowest BCUT2D eigenvalue weighted by Crippen LogP contribution is -2.03. The Bertz CT molecular complexity index is 896. The van der Waals surface area contributed by atoms with Crippen molar-refractivity contribution in [3.05, 3.63) is 41.6 Å². The lowest BCUT2D eigenvalue weighted by molar-refractivity contribution is -0.116. The SMILES string of the molecule is CCOC(=O)c1cc2c(CCC(C)=O)[nH]nc3ccccc1c32. The van der Waals surface area contributed by atoms with Gasteiger partial charge in [-0.25, -0.2) is 4.79 Å². The van der Waals surface area contributed by atoms with Crippen LogP contribution < -0.4 is 0 Å². The molecular formula is C18H18N2O3. The fraction of sp³-hybridized carbons (Fsp3) is 0.278. The van der Waals surface area contributed by atoms with Crippen molar-refractivity contribution in [3.8, 4) is 0 Å². The molecule has 0 aliphatic heterocycles. The average Bonchev–Trinajstić information content (AvgIpc) is 2.77. The Morgan fingerprint density at radius 2 is 2.00 bits per heavy atom. The first kappa shape index (κ1) is 15.2. The number of hydrogen-bond acceptors (Lipinski definition) is 4. The normalized spacial score (nSPS) is 11.0. The standard InChI is InChI=1S/C18H18N2O3/c1-3-23-18(22)13-10-14-15(9-8-11(2)21)19-20-16-7-5-4-6-12(13)17(14)16/h4-7,10,19H,3,8-9H2,1-2H3. The summed E-state index contributed by atoms with van der Waals surface area (Å²) in [6.07, 6.45) is 1.01. The third-order valence-electron chi connectivity index (χ3n) is 3.86. The van der Waals surface area contributed by atoms with Gasteiger partial charge in [-0.05, 0) is 37.8 Å². The van der Waals surface area contributed by atoms with E-state index in [1.165, 1.54) is 0 Å². The van der Waals surface area contributed by atoms with Crippen LogP contribution in [0.5, 0.6) is 0 Å². The van der Waals surface area contributed by atoms with Crippen molar-refractivity contribution in [2.75, 3.05) is 6.61 Å². The second kappa shape index (κ2) is 6.20. The summed E-state index contributed by atoms with van der Waals surface area (Å²) in [6.45, 7) is 3.68. The van der Waals surface area contributed by atoms with Crippen molar-refractivity contribution in [2.45, 2.75) is 26.7 Å². The maximum absolute atomic E-state index is 12.3. The van der Waals surface area contributed by atoms with Gasteiger partial charge in [-0.15, -0.1) is 0 Å². The number of ether oxygens (including phenoxy) is 1. The lowest BCUT2D eigenvalue weighted by atomic mass is 10.1. The van der Waals surface area contributed by atoms with E-state index in [0.717, 1.165) is 27.4 Å². The molecule has 0 radical (unpaired) electrons. The quantitative estimate of drug-likeness (QED) is 0.733. The highest BCUT2D eigenvalue weighted by molar-refractivity contribution is 6.19. The average molecular weight is 310 g/mol. The van der Waals surface area contributed by atoms with Crippen LogP contribution in [0.2, 0.25) is 0 Å². The minimum Gasteiger partial charge on any atom is -0.462 e. The van der Waals surface area contributed by atoms with Gasteiger partial charge in [0.15, 0.2) is 0 Å². The predicted octanol–water partition coefficient (Wildman–Crippen LogP) is 3.41. The summed E-state index contributed by atoms with van der Waals surface area (Å²) >= 11 is 0. The molecule has 0 amide bonds. The van der Waals surface area contributed by atoms with Gasteiger partial charge in [0.25, 0.3) is 0 Å². The molecule has 3 rings (SSSR count). The molecule has 2 aromatic carbocycles. The number of nitrogens with zero attached hydrogens (tertiary/aromatic N) is 1. The first-order valence-corrected chi connectivity index (χ1v) is 7.67. The highest BCUT2D eigenvalue weighted by atomic mass is 16.5. The van der Waals surface area contributed by atoms with E-state index >= 15 is 0 Å². The zero-order chi connectivity index (χ0) is 16.4. The minimum atomic E-state index is -0.339. The van der Waals surface area contributed by atoms with Crippen LogP contribution >= 0.6 is 0 Å². The molecule has 0 aliphatic rings. The van der Waals surface area contributed by atoms with Crippen LogP contribution in [0.25, 0.3) is 21.7 Å². The molecule has 5 nitrogen and oxygen atoms in total. The molecule has 0 unspecified atom stereocenters. The molecule has 5 heteroatoms. The second-order valence-electron chi connectivity index (χ2n) is 5.49. The van der Waals surface area contributed by atoms with Gasteiger partial charge in [0.05, 0.1) is 17.7 Å².